The van der Waals surface area contributed by atoms with Gasteiger partial charge < -0.3 is 14.5 Å². The molecule has 2 rings (SSSR count). The van der Waals surface area contributed by atoms with Gasteiger partial charge in [-0.05, 0) is 6.42 Å². The lowest BCUT2D eigenvalue weighted by molar-refractivity contribution is -0.137. The summed E-state index contributed by atoms with van der Waals surface area (Å²) in [6.07, 6.45) is 0.431. The van der Waals surface area contributed by atoms with Gasteiger partial charge in [-0.15, -0.1) is 0 Å². The number of carboxylic acids is 1. The van der Waals surface area contributed by atoms with E-state index in [1.165, 1.54) is 4.90 Å². The monoisotopic (exact) mass is 288 g/mol. The zero-order valence-electron chi connectivity index (χ0n) is 11.7. The van der Waals surface area contributed by atoms with Crippen molar-refractivity contribution in [3.63, 3.8) is 0 Å². The highest BCUT2D eigenvalue weighted by atomic mass is 16.5. The van der Waals surface area contributed by atoms with Crippen LogP contribution < -0.4 is 0 Å². The first-order valence-corrected chi connectivity index (χ1v) is 6.57. The molecule has 1 N–H and O–H groups in total. The van der Waals surface area contributed by atoms with Crippen molar-refractivity contribution in [3.05, 3.63) is 42.2 Å². The fourth-order valence-corrected chi connectivity index (χ4v) is 1.88. The second-order valence-corrected chi connectivity index (χ2v) is 4.67. The first-order valence-electron chi connectivity index (χ1n) is 6.57. The number of hydrogen-bond acceptors (Lipinski definition) is 4. The summed E-state index contributed by atoms with van der Waals surface area (Å²) in [5, 5.41) is 12.5. The molecule has 2 aromatic rings. The van der Waals surface area contributed by atoms with Crippen LogP contribution in [-0.2, 0) is 4.79 Å². The van der Waals surface area contributed by atoms with Gasteiger partial charge in [-0.3, -0.25) is 9.59 Å². The minimum atomic E-state index is -0.873. The molecule has 0 fully saturated rings. The molecule has 0 bridgehead atoms. The van der Waals surface area contributed by atoms with E-state index in [1.54, 1.807) is 13.1 Å². The molecule has 6 nitrogen and oxygen atoms in total. The molecule has 1 aromatic heterocycles. The van der Waals surface area contributed by atoms with E-state index >= 15 is 0 Å². The molecule has 0 unspecified atom stereocenters. The number of nitrogens with zero attached hydrogens (tertiary/aromatic N) is 2. The van der Waals surface area contributed by atoms with Crippen molar-refractivity contribution in [2.45, 2.75) is 12.8 Å². The molecule has 1 heterocycles. The van der Waals surface area contributed by atoms with Crippen LogP contribution in [0.3, 0.4) is 0 Å². The molecule has 0 atom stereocenters. The lowest BCUT2D eigenvalue weighted by Gasteiger charge is -2.14. The Morgan fingerprint density at radius 1 is 1.29 bits per heavy atom. The second kappa shape index (κ2) is 6.69. The zero-order chi connectivity index (χ0) is 15.2. The van der Waals surface area contributed by atoms with E-state index in [4.69, 9.17) is 9.63 Å². The van der Waals surface area contributed by atoms with Gasteiger partial charge in [0, 0.05) is 31.6 Å². The molecule has 0 radical (unpaired) electrons. The average Bonchev–Trinajstić information content (AvgIpc) is 2.96. The highest BCUT2D eigenvalue weighted by Crippen LogP contribution is 2.19. The van der Waals surface area contributed by atoms with Crippen molar-refractivity contribution in [3.8, 4) is 11.3 Å². The number of carboxylic acid groups (broad SMARTS) is 1. The van der Waals surface area contributed by atoms with Gasteiger partial charge >= 0.3 is 5.97 Å². The summed E-state index contributed by atoms with van der Waals surface area (Å²) < 4.78 is 5.07. The quantitative estimate of drug-likeness (QED) is 0.881. The lowest BCUT2D eigenvalue weighted by atomic mass is 10.1. The number of rotatable bonds is 6. The topological polar surface area (TPSA) is 83.6 Å². The SMILES string of the molecule is CN(CCCC(=O)O)C(=O)c1cc(-c2ccccc2)no1. The smallest absolute Gasteiger partial charge is 0.303 e. The Bertz CT molecular complexity index is 622. The number of carbonyl (C=O) groups excluding carboxylic acids is 1. The summed E-state index contributed by atoms with van der Waals surface area (Å²) in [7, 11) is 1.61. The molecule has 0 spiro atoms. The lowest BCUT2D eigenvalue weighted by Crippen LogP contribution is -2.27. The van der Waals surface area contributed by atoms with Gasteiger partial charge in [0.2, 0.25) is 5.76 Å². The van der Waals surface area contributed by atoms with Crippen molar-refractivity contribution in [2.75, 3.05) is 13.6 Å². The van der Waals surface area contributed by atoms with Crippen molar-refractivity contribution in [2.24, 2.45) is 0 Å². The van der Waals surface area contributed by atoms with E-state index in [0.29, 0.717) is 18.7 Å². The maximum atomic E-state index is 12.1. The second-order valence-electron chi connectivity index (χ2n) is 4.67. The molecule has 0 saturated heterocycles. The van der Waals surface area contributed by atoms with E-state index in [0.717, 1.165) is 5.56 Å². The number of hydrogen-bond donors (Lipinski definition) is 1. The van der Waals surface area contributed by atoms with Crippen LogP contribution in [0.4, 0.5) is 0 Å². The third-order valence-electron chi connectivity index (χ3n) is 3.02. The van der Waals surface area contributed by atoms with E-state index in [2.05, 4.69) is 5.16 Å². The third kappa shape index (κ3) is 3.92. The van der Waals surface area contributed by atoms with Crippen LogP contribution in [0.25, 0.3) is 11.3 Å². The van der Waals surface area contributed by atoms with Crippen LogP contribution in [-0.4, -0.2) is 40.6 Å². The fraction of sp³-hybridized carbons (Fsp3) is 0.267. The molecule has 0 saturated carbocycles. The molecule has 6 heteroatoms. The van der Waals surface area contributed by atoms with E-state index in [1.807, 2.05) is 30.3 Å². The van der Waals surface area contributed by atoms with Crippen molar-refractivity contribution < 1.29 is 19.2 Å². The van der Waals surface area contributed by atoms with Crippen LogP contribution in [0.5, 0.6) is 0 Å². The molecule has 1 amide bonds. The maximum absolute atomic E-state index is 12.1. The van der Waals surface area contributed by atoms with Gasteiger partial charge in [-0.1, -0.05) is 35.5 Å². The summed E-state index contributed by atoms with van der Waals surface area (Å²) in [4.78, 5) is 24.0. The van der Waals surface area contributed by atoms with E-state index in [9.17, 15) is 9.59 Å². The predicted octanol–water partition coefficient (Wildman–Crippen LogP) is 2.28. The number of aliphatic carboxylic acids is 1. The Hall–Kier alpha value is -2.63. The molecular weight excluding hydrogens is 272 g/mol. The summed E-state index contributed by atoms with van der Waals surface area (Å²) in [5.41, 5.74) is 1.46. The Morgan fingerprint density at radius 3 is 2.67 bits per heavy atom. The molecule has 1 aromatic carbocycles. The Morgan fingerprint density at radius 2 is 2.00 bits per heavy atom. The largest absolute Gasteiger partial charge is 0.481 e. The Balaban J connectivity index is 2.00. The summed E-state index contributed by atoms with van der Waals surface area (Å²) in [5.74, 6) is -1.04. The predicted molar refractivity (Wildman–Crippen MR) is 75.8 cm³/mol. The minimum Gasteiger partial charge on any atom is -0.481 e. The zero-order valence-corrected chi connectivity index (χ0v) is 11.7. The average molecular weight is 288 g/mol. The van der Waals surface area contributed by atoms with Gasteiger partial charge in [-0.25, -0.2) is 0 Å². The first-order chi connectivity index (χ1) is 10.1. The van der Waals surface area contributed by atoms with Gasteiger partial charge in [0.05, 0.1) is 0 Å². The summed E-state index contributed by atoms with van der Waals surface area (Å²) >= 11 is 0. The number of benzene rings is 1. The van der Waals surface area contributed by atoms with Crippen molar-refractivity contribution in [1.29, 1.82) is 0 Å². The van der Waals surface area contributed by atoms with Crippen LogP contribution in [0, 0.1) is 0 Å². The fourth-order valence-electron chi connectivity index (χ4n) is 1.88. The van der Waals surface area contributed by atoms with Crippen molar-refractivity contribution in [1.82, 2.24) is 10.1 Å². The standard InChI is InChI=1S/C15H16N2O4/c1-17(9-5-8-14(18)19)15(20)13-10-12(16-21-13)11-6-3-2-4-7-11/h2-4,6-7,10H,5,8-9H2,1H3,(H,18,19). The summed E-state index contributed by atoms with van der Waals surface area (Å²) in [6, 6.07) is 11.0. The first kappa shape index (κ1) is 14.8. The third-order valence-corrected chi connectivity index (χ3v) is 3.02. The maximum Gasteiger partial charge on any atom is 0.303 e. The highest BCUT2D eigenvalue weighted by Gasteiger charge is 2.18. The minimum absolute atomic E-state index is 0.0310. The van der Waals surface area contributed by atoms with Gasteiger partial charge in [0.25, 0.3) is 5.91 Å². The molecular formula is C15H16N2O4. The molecule has 0 aliphatic carbocycles. The van der Waals surface area contributed by atoms with E-state index in [-0.39, 0.29) is 18.1 Å². The molecule has 21 heavy (non-hydrogen) atoms. The van der Waals surface area contributed by atoms with Crippen LogP contribution in [0.1, 0.15) is 23.4 Å². The van der Waals surface area contributed by atoms with Crippen LogP contribution >= 0.6 is 0 Å². The van der Waals surface area contributed by atoms with Gasteiger partial charge in [0.1, 0.15) is 5.69 Å². The molecule has 0 aliphatic rings. The Labute approximate surface area is 122 Å². The Kier molecular flexibility index (Phi) is 4.71. The molecule has 0 aliphatic heterocycles. The summed E-state index contributed by atoms with van der Waals surface area (Å²) in [6.45, 7) is 0.354. The number of aromatic nitrogens is 1. The normalized spacial score (nSPS) is 10.3. The van der Waals surface area contributed by atoms with Crippen molar-refractivity contribution >= 4 is 11.9 Å². The number of amides is 1. The van der Waals surface area contributed by atoms with E-state index < -0.39 is 5.97 Å². The van der Waals surface area contributed by atoms with Gasteiger partial charge in [0.15, 0.2) is 0 Å². The van der Waals surface area contributed by atoms with Crippen LogP contribution in [0.15, 0.2) is 40.9 Å². The number of carbonyl (C=O) groups is 2. The molecule has 110 valence electrons. The highest BCUT2D eigenvalue weighted by molar-refractivity contribution is 5.92. The van der Waals surface area contributed by atoms with Crippen LogP contribution in [0.2, 0.25) is 0 Å². The van der Waals surface area contributed by atoms with Gasteiger partial charge in [-0.2, -0.15) is 0 Å².